The van der Waals surface area contributed by atoms with Crippen LogP contribution in [0.2, 0.25) is 0 Å². The smallest absolute Gasteiger partial charge is 0.391 e. The van der Waals surface area contributed by atoms with Gasteiger partial charge in [0.25, 0.3) is 0 Å². The van der Waals surface area contributed by atoms with Gasteiger partial charge in [-0.15, -0.1) is 0 Å². The Labute approximate surface area is 171 Å². The minimum absolute atomic E-state index is 0.0241. The molecular weight excluding hydrogens is 367 g/mol. The maximum Gasteiger partial charge on any atom is 0.391 e. The summed E-state index contributed by atoms with van der Waals surface area (Å²) in [6, 6.07) is 12.6. The van der Waals surface area contributed by atoms with E-state index in [1.807, 2.05) is 12.1 Å². The lowest BCUT2D eigenvalue weighted by molar-refractivity contribution is 0.375. The Bertz CT molecular complexity index is 834. The second kappa shape index (κ2) is 7.78. The third-order valence-corrected chi connectivity index (χ3v) is 5.37. The van der Waals surface area contributed by atoms with Gasteiger partial charge in [0.1, 0.15) is 5.75 Å². The molecular formula is C24H35O3P. The molecule has 0 fully saturated rings. The van der Waals surface area contributed by atoms with Crippen LogP contribution in [0.5, 0.6) is 5.75 Å². The van der Waals surface area contributed by atoms with Crippen molar-refractivity contribution in [1.82, 2.24) is 0 Å². The Balaban J connectivity index is 2.81. The molecule has 0 saturated heterocycles. The summed E-state index contributed by atoms with van der Waals surface area (Å²) in [5.41, 5.74) is 5.59. The first-order valence-corrected chi connectivity index (χ1v) is 10.9. The van der Waals surface area contributed by atoms with Crippen LogP contribution in [-0.2, 0) is 16.2 Å². The van der Waals surface area contributed by atoms with Gasteiger partial charge in [-0.2, -0.15) is 0 Å². The van der Waals surface area contributed by atoms with Crippen LogP contribution in [0.15, 0.2) is 36.4 Å². The monoisotopic (exact) mass is 402 g/mol. The highest BCUT2D eigenvalue weighted by Gasteiger charge is 2.26. The van der Waals surface area contributed by atoms with Gasteiger partial charge in [-0.1, -0.05) is 86.6 Å². The lowest BCUT2D eigenvalue weighted by Crippen LogP contribution is -2.17. The first kappa shape index (κ1) is 22.9. The molecule has 0 amide bonds. The van der Waals surface area contributed by atoms with Crippen LogP contribution in [-0.4, -0.2) is 9.79 Å². The second-order valence-electron chi connectivity index (χ2n) is 10.6. The lowest BCUT2D eigenvalue weighted by atomic mass is 9.76. The van der Waals surface area contributed by atoms with E-state index < -0.39 is 8.60 Å². The molecule has 0 radical (unpaired) electrons. The van der Waals surface area contributed by atoms with Crippen LogP contribution in [0.4, 0.5) is 0 Å². The summed E-state index contributed by atoms with van der Waals surface area (Å²) in [6.07, 6.45) is 0. The maximum absolute atomic E-state index is 9.48. The molecule has 4 heteroatoms. The Hall–Kier alpha value is -1.41. The maximum atomic E-state index is 9.48. The first-order chi connectivity index (χ1) is 12.6. The molecule has 0 aliphatic rings. The average Bonchev–Trinajstić information content (AvgIpc) is 2.51. The van der Waals surface area contributed by atoms with Crippen LogP contribution < -0.4 is 4.52 Å². The van der Waals surface area contributed by atoms with Crippen LogP contribution >= 0.6 is 8.60 Å². The van der Waals surface area contributed by atoms with Gasteiger partial charge >= 0.3 is 8.60 Å². The van der Waals surface area contributed by atoms with Gasteiger partial charge in [0.15, 0.2) is 0 Å². The molecule has 0 aliphatic heterocycles. The Kier molecular flexibility index (Phi) is 6.36. The molecule has 0 aromatic heterocycles. The highest BCUT2D eigenvalue weighted by atomic mass is 31.2. The molecule has 0 spiro atoms. The summed E-state index contributed by atoms with van der Waals surface area (Å²) in [6.45, 7) is 19.8. The van der Waals surface area contributed by atoms with Crippen molar-refractivity contribution >= 4 is 8.60 Å². The standard InChI is InChI=1S/C24H35O3P/c1-22(2,3)16-11-13-21(27-28(25)26)19(14-16)18-12-10-17(23(4,5)6)15-20(18)24(7,8)9/h10-15,25-26H,1-9H3. The fourth-order valence-electron chi connectivity index (χ4n) is 3.24. The van der Waals surface area contributed by atoms with E-state index in [9.17, 15) is 9.79 Å². The van der Waals surface area contributed by atoms with Crippen LogP contribution in [0.25, 0.3) is 11.1 Å². The van der Waals surface area contributed by atoms with Gasteiger partial charge in [0, 0.05) is 5.56 Å². The molecule has 0 saturated carbocycles. The predicted molar refractivity (Wildman–Crippen MR) is 120 cm³/mol. The Morgan fingerprint density at radius 1 is 0.643 bits per heavy atom. The molecule has 0 heterocycles. The molecule has 154 valence electrons. The zero-order chi connectivity index (χ0) is 21.5. The number of hydrogen-bond acceptors (Lipinski definition) is 3. The summed E-state index contributed by atoms with van der Waals surface area (Å²) >= 11 is 0. The van der Waals surface area contributed by atoms with Gasteiger partial charge in [0.05, 0.1) is 0 Å². The van der Waals surface area contributed by atoms with E-state index in [0.29, 0.717) is 5.75 Å². The Morgan fingerprint density at radius 3 is 1.61 bits per heavy atom. The predicted octanol–water partition coefficient (Wildman–Crippen LogP) is 6.84. The first-order valence-electron chi connectivity index (χ1n) is 9.76. The molecule has 2 aromatic rings. The second-order valence-corrected chi connectivity index (χ2v) is 11.3. The van der Waals surface area contributed by atoms with E-state index in [4.69, 9.17) is 4.52 Å². The van der Waals surface area contributed by atoms with E-state index in [0.717, 1.165) is 11.1 Å². The van der Waals surface area contributed by atoms with Crippen molar-refractivity contribution in [2.75, 3.05) is 0 Å². The minimum Gasteiger partial charge on any atom is -0.426 e. The average molecular weight is 403 g/mol. The highest BCUT2D eigenvalue weighted by molar-refractivity contribution is 7.39. The minimum atomic E-state index is -2.48. The van der Waals surface area contributed by atoms with Crippen molar-refractivity contribution in [3.05, 3.63) is 53.1 Å². The highest BCUT2D eigenvalue weighted by Crippen LogP contribution is 2.44. The normalized spacial score (nSPS) is 13.1. The largest absolute Gasteiger partial charge is 0.426 e. The van der Waals surface area contributed by atoms with E-state index in [-0.39, 0.29) is 16.2 Å². The molecule has 2 N–H and O–H groups in total. The van der Waals surface area contributed by atoms with Crippen LogP contribution in [0, 0.1) is 0 Å². The van der Waals surface area contributed by atoms with Crippen LogP contribution in [0.3, 0.4) is 0 Å². The summed E-state index contributed by atoms with van der Waals surface area (Å²) in [7, 11) is -2.48. The quantitative estimate of drug-likeness (QED) is 0.553. The molecule has 0 unspecified atom stereocenters. The van der Waals surface area contributed by atoms with Gasteiger partial charge in [-0.25, -0.2) is 0 Å². The van der Waals surface area contributed by atoms with Crippen molar-refractivity contribution < 1.29 is 14.3 Å². The summed E-state index contributed by atoms with van der Waals surface area (Å²) < 4.78 is 5.41. The van der Waals surface area contributed by atoms with Gasteiger partial charge in [-0.05, 0) is 50.6 Å². The number of hydrogen-bond donors (Lipinski definition) is 2. The van der Waals surface area contributed by atoms with E-state index in [1.165, 1.54) is 16.7 Å². The third kappa shape index (κ3) is 5.35. The fraction of sp³-hybridized carbons (Fsp3) is 0.500. The van der Waals surface area contributed by atoms with Crippen molar-refractivity contribution in [2.24, 2.45) is 0 Å². The van der Waals surface area contributed by atoms with Gasteiger partial charge in [0.2, 0.25) is 0 Å². The van der Waals surface area contributed by atoms with Gasteiger partial charge < -0.3 is 14.3 Å². The van der Waals surface area contributed by atoms with Crippen LogP contribution in [0.1, 0.15) is 79.0 Å². The van der Waals surface area contributed by atoms with E-state index in [2.05, 4.69) is 86.6 Å². The zero-order valence-electron chi connectivity index (χ0n) is 18.7. The molecule has 2 rings (SSSR count). The van der Waals surface area contributed by atoms with Crippen molar-refractivity contribution in [2.45, 2.75) is 78.6 Å². The molecule has 28 heavy (non-hydrogen) atoms. The summed E-state index contributed by atoms with van der Waals surface area (Å²) in [5.74, 6) is 0.498. The molecule has 3 nitrogen and oxygen atoms in total. The number of rotatable bonds is 3. The fourth-order valence-corrected chi connectivity index (χ4v) is 3.58. The third-order valence-electron chi connectivity index (χ3n) is 5.01. The van der Waals surface area contributed by atoms with Crippen molar-refractivity contribution in [3.63, 3.8) is 0 Å². The summed E-state index contributed by atoms with van der Waals surface area (Å²) in [4.78, 5) is 19.0. The Morgan fingerprint density at radius 2 is 1.14 bits per heavy atom. The van der Waals surface area contributed by atoms with Crippen molar-refractivity contribution in [3.8, 4) is 16.9 Å². The van der Waals surface area contributed by atoms with Gasteiger partial charge in [-0.3, -0.25) is 0 Å². The number of benzene rings is 2. The zero-order valence-corrected chi connectivity index (χ0v) is 19.6. The SMILES string of the molecule is CC(C)(C)c1ccc(OP(O)O)c(-c2ccc(C(C)(C)C)cc2C(C)(C)C)c1. The molecule has 0 bridgehead atoms. The summed E-state index contributed by atoms with van der Waals surface area (Å²) in [5, 5.41) is 0. The molecule has 0 atom stereocenters. The van der Waals surface area contributed by atoms with E-state index >= 15 is 0 Å². The lowest BCUT2D eigenvalue weighted by Gasteiger charge is -2.29. The van der Waals surface area contributed by atoms with Crippen molar-refractivity contribution in [1.29, 1.82) is 0 Å². The topological polar surface area (TPSA) is 49.7 Å². The molecule has 2 aromatic carbocycles. The molecule has 0 aliphatic carbocycles. The van der Waals surface area contributed by atoms with E-state index in [1.54, 1.807) is 0 Å².